The largest absolute Gasteiger partial charge is 0.393 e. The molecule has 0 aliphatic carbocycles. The second kappa shape index (κ2) is 6.99. The number of nitrogens with one attached hydrogen (secondary N) is 2. The molecule has 5 rings (SSSR count). The van der Waals surface area contributed by atoms with Crippen molar-refractivity contribution in [2.75, 3.05) is 16.4 Å². The van der Waals surface area contributed by atoms with Crippen molar-refractivity contribution in [2.45, 2.75) is 6.92 Å². The molecule has 4 N–H and O–H groups in total. The molecule has 0 radical (unpaired) electrons. The van der Waals surface area contributed by atoms with Gasteiger partial charge in [0.05, 0.1) is 21.4 Å². The van der Waals surface area contributed by atoms with Gasteiger partial charge in [-0.25, -0.2) is 15.0 Å². The number of nitrogens with zero attached hydrogens (tertiary/aromatic N) is 4. The highest BCUT2D eigenvalue weighted by atomic mass is 32.1. The van der Waals surface area contributed by atoms with Crippen molar-refractivity contribution in [3.8, 4) is 0 Å². The first kappa shape index (κ1) is 17.3. The van der Waals surface area contributed by atoms with Gasteiger partial charge in [-0.1, -0.05) is 35.6 Å². The van der Waals surface area contributed by atoms with Crippen LogP contribution in [0, 0.1) is 6.92 Å². The molecule has 0 spiro atoms. The van der Waals surface area contributed by atoms with E-state index in [1.807, 2.05) is 42.5 Å². The SMILES string of the molecule is Cc1ccc2nc(Nc3ncnc(Nc4cccc5cccnc45)c3N)sc2c1. The number of para-hydroxylation sites is 1. The molecule has 0 saturated heterocycles. The Kier molecular flexibility index (Phi) is 4.18. The Morgan fingerprint density at radius 1 is 0.931 bits per heavy atom. The van der Waals surface area contributed by atoms with E-state index in [9.17, 15) is 0 Å². The van der Waals surface area contributed by atoms with Gasteiger partial charge in [0.25, 0.3) is 0 Å². The number of thiazole rings is 1. The summed E-state index contributed by atoms with van der Waals surface area (Å²) in [7, 11) is 0. The van der Waals surface area contributed by atoms with E-state index >= 15 is 0 Å². The highest BCUT2D eigenvalue weighted by Gasteiger charge is 2.12. The maximum atomic E-state index is 6.35. The van der Waals surface area contributed by atoms with Gasteiger partial charge in [-0.3, -0.25) is 4.98 Å². The van der Waals surface area contributed by atoms with E-state index in [-0.39, 0.29) is 0 Å². The molecule has 0 unspecified atom stereocenters. The normalized spacial score (nSPS) is 11.1. The zero-order valence-corrected chi connectivity index (χ0v) is 16.4. The summed E-state index contributed by atoms with van der Waals surface area (Å²) in [5, 5.41) is 8.27. The van der Waals surface area contributed by atoms with Gasteiger partial charge in [0.1, 0.15) is 12.0 Å². The number of aromatic nitrogens is 4. The number of rotatable bonds is 4. The standard InChI is InChI=1S/C21H17N7S/c1-12-7-8-14-16(10-12)29-21(27-14)28-20-17(22)19(24-11-25-20)26-15-6-2-4-13-5-3-9-23-18(13)15/h2-11H,22H2,1H3,(H2,24,25,26,27,28). The highest BCUT2D eigenvalue weighted by Crippen LogP contribution is 2.33. The summed E-state index contributed by atoms with van der Waals surface area (Å²) in [4.78, 5) is 17.7. The van der Waals surface area contributed by atoms with E-state index in [1.165, 1.54) is 11.9 Å². The first-order valence-electron chi connectivity index (χ1n) is 9.03. The first-order chi connectivity index (χ1) is 14.2. The van der Waals surface area contributed by atoms with Crippen LogP contribution in [0.2, 0.25) is 0 Å². The smallest absolute Gasteiger partial charge is 0.189 e. The maximum absolute atomic E-state index is 6.35. The van der Waals surface area contributed by atoms with Crippen LogP contribution in [0.5, 0.6) is 0 Å². The molecule has 3 heterocycles. The van der Waals surface area contributed by atoms with Crippen LogP contribution in [0.3, 0.4) is 0 Å². The molecular weight excluding hydrogens is 382 g/mol. The van der Waals surface area contributed by atoms with Gasteiger partial charge in [-0.05, 0) is 36.8 Å². The molecule has 0 saturated carbocycles. The first-order valence-corrected chi connectivity index (χ1v) is 9.84. The molecule has 0 bridgehead atoms. The summed E-state index contributed by atoms with van der Waals surface area (Å²) in [6.45, 7) is 2.06. The highest BCUT2D eigenvalue weighted by molar-refractivity contribution is 7.22. The monoisotopic (exact) mass is 399 g/mol. The van der Waals surface area contributed by atoms with Crippen LogP contribution in [0.25, 0.3) is 21.1 Å². The van der Waals surface area contributed by atoms with Gasteiger partial charge in [0.15, 0.2) is 16.8 Å². The fourth-order valence-electron chi connectivity index (χ4n) is 3.11. The number of nitrogens with two attached hydrogens (primary N) is 1. The lowest BCUT2D eigenvalue weighted by atomic mass is 10.2. The van der Waals surface area contributed by atoms with Gasteiger partial charge in [0, 0.05) is 11.6 Å². The molecule has 0 amide bonds. The van der Waals surface area contributed by atoms with Crippen LogP contribution in [-0.4, -0.2) is 19.9 Å². The molecule has 0 atom stereocenters. The topological polar surface area (TPSA) is 102 Å². The van der Waals surface area contributed by atoms with Gasteiger partial charge in [0.2, 0.25) is 0 Å². The number of aryl methyl sites for hydroxylation is 1. The van der Waals surface area contributed by atoms with E-state index in [1.54, 1.807) is 17.5 Å². The molecular formula is C21H17N7S. The Balaban J connectivity index is 1.47. The van der Waals surface area contributed by atoms with Crippen LogP contribution < -0.4 is 16.4 Å². The van der Waals surface area contributed by atoms with Gasteiger partial charge >= 0.3 is 0 Å². The molecule has 0 fully saturated rings. The van der Waals surface area contributed by atoms with Crippen molar-refractivity contribution in [1.29, 1.82) is 0 Å². The lowest BCUT2D eigenvalue weighted by Crippen LogP contribution is -2.05. The number of fused-ring (bicyclic) bond motifs is 2. The number of hydrogen-bond donors (Lipinski definition) is 3. The molecule has 2 aromatic carbocycles. The minimum atomic E-state index is 0.413. The number of anilines is 5. The maximum Gasteiger partial charge on any atom is 0.189 e. The number of benzene rings is 2. The average molecular weight is 399 g/mol. The summed E-state index contributed by atoms with van der Waals surface area (Å²) >= 11 is 1.56. The minimum Gasteiger partial charge on any atom is -0.393 e. The zero-order chi connectivity index (χ0) is 19.8. The van der Waals surface area contributed by atoms with Crippen molar-refractivity contribution in [3.05, 3.63) is 66.6 Å². The van der Waals surface area contributed by atoms with E-state index in [0.29, 0.717) is 17.3 Å². The van der Waals surface area contributed by atoms with Crippen molar-refractivity contribution >= 4 is 60.6 Å². The fourth-order valence-corrected chi connectivity index (χ4v) is 4.08. The third-order valence-electron chi connectivity index (χ3n) is 4.54. The summed E-state index contributed by atoms with van der Waals surface area (Å²) in [5.41, 5.74) is 10.6. The van der Waals surface area contributed by atoms with Crippen molar-refractivity contribution in [2.24, 2.45) is 0 Å². The Bertz CT molecular complexity index is 1340. The second-order valence-corrected chi connectivity index (χ2v) is 7.64. The number of hydrogen-bond acceptors (Lipinski definition) is 8. The zero-order valence-electron chi connectivity index (χ0n) is 15.5. The predicted octanol–water partition coefficient (Wildman–Crippen LogP) is 5.01. The molecule has 7 nitrogen and oxygen atoms in total. The molecule has 142 valence electrons. The lowest BCUT2D eigenvalue weighted by Gasteiger charge is -2.12. The number of pyridine rings is 1. The minimum absolute atomic E-state index is 0.413. The van der Waals surface area contributed by atoms with Crippen molar-refractivity contribution in [3.63, 3.8) is 0 Å². The summed E-state index contributed by atoms with van der Waals surface area (Å²) in [6.07, 6.45) is 3.23. The number of nitrogen functional groups attached to an aromatic ring is 1. The molecule has 3 aromatic heterocycles. The lowest BCUT2D eigenvalue weighted by molar-refractivity contribution is 1.17. The van der Waals surface area contributed by atoms with Crippen LogP contribution in [0.15, 0.2) is 61.1 Å². The molecule has 5 aromatic rings. The van der Waals surface area contributed by atoms with E-state index < -0.39 is 0 Å². The third kappa shape index (κ3) is 3.30. The van der Waals surface area contributed by atoms with E-state index in [0.717, 1.165) is 31.9 Å². The quantitative estimate of drug-likeness (QED) is 0.390. The van der Waals surface area contributed by atoms with Gasteiger partial charge in [-0.2, -0.15) is 0 Å². The van der Waals surface area contributed by atoms with Crippen LogP contribution in [0.4, 0.5) is 28.1 Å². The van der Waals surface area contributed by atoms with Gasteiger partial charge < -0.3 is 16.4 Å². The molecule has 8 heteroatoms. The fraction of sp³-hybridized carbons (Fsp3) is 0.0476. The Morgan fingerprint density at radius 2 is 1.76 bits per heavy atom. The second-order valence-electron chi connectivity index (χ2n) is 6.61. The third-order valence-corrected chi connectivity index (χ3v) is 5.47. The van der Waals surface area contributed by atoms with E-state index in [4.69, 9.17) is 5.73 Å². The molecule has 0 aliphatic rings. The van der Waals surface area contributed by atoms with E-state index in [2.05, 4.69) is 43.6 Å². The van der Waals surface area contributed by atoms with Crippen LogP contribution in [0.1, 0.15) is 5.56 Å². The van der Waals surface area contributed by atoms with Crippen LogP contribution in [-0.2, 0) is 0 Å². The summed E-state index contributed by atoms with van der Waals surface area (Å²) in [5.74, 6) is 1.02. The molecule has 0 aliphatic heterocycles. The molecule has 29 heavy (non-hydrogen) atoms. The van der Waals surface area contributed by atoms with Crippen molar-refractivity contribution in [1.82, 2.24) is 19.9 Å². The average Bonchev–Trinajstić information content (AvgIpc) is 3.12. The summed E-state index contributed by atoms with van der Waals surface area (Å²) in [6, 6.07) is 16.0. The van der Waals surface area contributed by atoms with Crippen LogP contribution >= 0.6 is 11.3 Å². The summed E-state index contributed by atoms with van der Waals surface area (Å²) < 4.78 is 1.11. The predicted molar refractivity (Wildman–Crippen MR) is 119 cm³/mol. The van der Waals surface area contributed by atoms with Crippen molar-refractivity contribution < 1.29 is 0 Å². The van der Waals surface area contributed by atoms with Gasteiger partial charge in [-0.15, -0.1) is 0 Å². The Labute approximate surface area is 170 Å². The Hall–Kier alpha value is -3.78. The Morgan fingerprint density at radius 3 is 2.66 bits per heavy atom.